The zero-order valence-corrected chi connectivity index (χ0v) is 14.7. The van der Waals surface area contributed by atoms with Crippen molar-refractivity contribution in [3.05, 3.63) is 11.3 Å². The van der Waals surface area contributed by atoms with Gasteiger partial charge >= 0.3 is 12.1 Å². The van der Waals surface area contributed by atoms with Crippen LogP contribution in [-0.4, -0.2) is 46.7 Å². The van der Waals surface area contributed by atoms with Crippen molar-refractivity contribution in [3.63, 3.8) is 0 Å². The summed E-state index contributed by atoms with van der Waals surface area (Å²) in [4.78, 5) is 22.5. The van der Waals surface area contributed by atoms with Crippen molar-refractivity contribution in [2.24, 2.45) is 17.8 Å². The Morgan fingerprint density at radius 3 is 2.44 bits per heavy atom. The average Bonchev–Trinajstić information content (AvgIpc) is 3.02. The number of alkyl halides is 3. The monoisotopic (exact) mass is 380 g/mol. The molecule has 0 spiro atoms. The lowest BCUT2D eigenvalue weighted by Gasteiger charge is -2.39. The summed E-state index contributed by atoms with van der Waals surface area (Å²) in [5, 5.41) is 8.93. The highest BCUT2D eigenvalue weighted by Gasteiger charge is 2.57. The first-order valence-corrected chi connectivity index (χ1v) is 8.90. The SMILES string of the molecule is C#Cc1c(N2C[C@@H]3C(CC(=O)O)[C@@H]3C2)nc(N2CCC2C)nc1C(F)(F)F. The fourth-order valence-electron chi connectivity index (χ4n) is 4.27. The Morgan fingerprint density at radius 2 is 2.00 bits per heavy atom. The smallest absolute Gasteiger partial charge is 0.434 e. The number of aromatic nitrogens is 2. The lowest BCUT2D eigenvalue weighted by molar-refractivity contribution is -0.141. The third-order valence-electron chi connectivity index (χ3n) is 5.95. The van der Waals surface area contributed by atoms with Gasteiger partial charge in [-0.2, -0.15) is 18.2 Å². The first-order valence-electron chi connectivity index (χ1n) is 8.90. The van der Waals surface area contributed by atoms with Crippen LogP contribution >= 0.6 is 0 Å². The van der Waals surface area contributed by atoms with E-state index in [-0.39, 0.29) is 47.5 Å². The van der Waals surface area contributed by atoms with Gasteiger partial charge in [0.25, 0.3) is 0 Å². The van der Waals surface area contributed by atoms with Gasteiger partial charge in [0.1, 0.15) is 0 Å². The van der Waals surface area contributed by atoms with E-state index in [0.29, 0.717) is 19.6 Å². The average molecular weight is 380 g/mol. The van der Waals surface area contributed by atoms with Crippen LogP contribution < -0.4 is 9.80 Å². The maximum Gasteiger partial charge on any atom is 0.434 e. The Bertz CT molecular complexity index is 823. The molecule has 3 heterocycles. The van der Waals surface area contributed by atoms with Crippen molar-refractivity contribution < 1.29 is 23.1 Å². The maximum atomic E-state index is 13.6. The highest BCUT2D eigenvalue weighted by Crippen LogP contribution is 2.54. The number of terminal acetylenes is 1. The third-order valence-corrected chi connectivity index (χ3v) is 5.95. The van der Waals surface area contributed by atoms with Crippen LogP contribution in [0.3, 0.4) is 0 Å². The van der Waals surface area contributed by atoms with E-state index in [0.717, 1.165) is 6.42 Å². The number of nitrogens with zero attached hydrogens (tertiary/aromatic N) is 4. The second-order valence-corrected chi connectivity index (χ2v) is 7.54. The number of anilines is 2. The Kier molecular flexibility index (Phi) is 3.98. The van der Waals surface area contributed by atoms with Crippen LogP contribution in [0.5, 0.6) is 0 Å². The van der Waals surface area contributed by atoms with Gasteiger partial charge in [-0.05, 0) is 31.1 Å². The molecule has 1 saturated carbocycles. The van der Waals surface area contributed by atoms with Gasteiger partial charge in [0.15, 0.2) is 11.5 Å². The molecule has 1 aromatic heterocycles. The number of piperidine rings is 1. The van der Waals surface area contributed by atoms with Crippen LogP contribution in [0, 0.1) is 30.1 Å². The Labute approximate surface area is 154 Å². The van der Waals surface area contributed by atoms with Crippen LogP contribution in [0.15, 0.2) is 0 Å². The second kappa shape index (κ2) is 6.01. The van der Waals surface area contributed by atoms with E-state index >= 15 is 0 Å². The highest BCUT2D eigenvalue weighted by molar-refractivity contribution is 5.68. The zero-order chi connectivity index (χ0) is 19.5. The highest BCUT2D eigenvalue weighted by atomic mass is 19.4. The summed E-state index contributed by atoms with van der Waals surface area (Å²) in [6, 6.07) is 0.0857. The maximum absolute atomic E-state index is 13.6. The summed E-state index contributed by atoms with van der Waals surface area (Å²) in [7, 11) is 0. The third kappa shape index (κ3) is 2.97. The number of aliphatic carboxylic acids is 1. The molecule has 2 aliphatic heterocycles. The van der Waals surface area contributed by atoms with E-state index in [1.54, 1.807) is 9.80 Å². The van der Waals surface area contributed by atoms with Crippen LogP contribution in [0.4, 0.5) is 24.9 Å². The van der Waals surface area contributed by atoms with E-state index in [4.69, 9.17) is 11.5 Å². The molecule has 1 aromatic rings. The number of hydrogen-bond donors (Lipinski definition) is 1. The summed E-state index contributed by atoms with van der Waals surface area (Å²) in [6.45, 7) is 3.47. The molecule has 2 unspecified atom stereocenters. The number of rotatable bonds is 4. The molecule has 1 aliphatic carbocycles. The van der Waals surface area contributed by atoms with Gasteiger partial charge < -0.3 is 14.9 Å². The van der Waals surface area contributed by atoms with E-state index in [1.165, 1.54) is 0 Å². The molecule has 4 rings (SSSR count). The molecule has 144 valence electrons. The first kappa shape index (κ1) is 17.9. The zero-order valence-electron chi connectivity index (χ0n) is 14.7. The number of hydrogen-bond acceptors (Lipinski definition) is 5. The van der Waals surface area contributed by atoms with Gasteiger partial charge in [0.2, 0.25) is 5.95 Å². The summed E-state index contributed by atoms with van der Waals surface area (Å²) < 4.78 is 40.7. The predicted octanol–water partition coefficient (Wildman–Crippen LogP) is 2.23. The lowest BCUT2D eigenvalue weighted by atomic mass is 10.1. The van der Waals surface area contributed by atoms with Crippen LogP contribution in [0.2, 0.25) is 0 Å². The lowest BCUT2D eigenvalue weighted by Crippen LogP contribution is -2.47. The molecule has 6 nitrogen and oxygen atoms in total. The molecule has 0 radical (unpaired) electrons. The van der Waals surface area contributed by atoms with Crippen LogP contribution in [0.25, 0.3) is 0 Å². The number of fused-ring (bicyclic) bond motifs is 1. The van der Waals surface area contributed by atoms with Crippen molar-refractivity contribution in [3.8, 4) is 12.3 Å². The largest absolute Gasteiger partial charge is 0.481 e. The number of carboxylic acid groups (broad SMARTS) is 1. The van der Waals surface area contributed by atoms with E-state index < -0.39 is 17.8 Å². The minimum atomic E-state index is -4.67. The van der Waals surface area contributed by atoms with Gasteiger partial charge in [0.05, 0.1) is 5.56 Å². The van der Waals surface area contributed by atoms with E-state index in [1.807, 2.05) is 6.92 Å². The normalized spacial score (nSPS) is 29.1. The molecule has 27 heavy (non-hydrogen) atoms. The fourth-order valence-corrected chi connectivity index (χ4v) is 4.27. The van der Waals surface area contributed by atoms with Crippen molar-refractivity contribution in [1.29, 1.82) is 0 Å². The molecule has 3 aliphatic rings. The molecule has 1 N–H and O–H groups in total. The van der Waals surface area contributed by atoms with E-state index in [2.05, 4.69) is 15.9 Å². The summed E-state index contributed by atoms with van der Waals surface area (Å²) in [6.07, 6.45) is 1.71. The second-order valence-electron chi connectivity index (χ2n) is 7.54. The Hall–Kier alpha value is -2.50. The molecule has 0 amide bonds. The van der Waals surface area contributed by atoms with Crippen molar-refractivity contribution in [2.75, 3.05) is 29.4 Å². The molecule has 0 aromatic carbocycles. The molecule has 3 fully saturated rings. The minimum Gasteiger partial charge on any atom is -0.481 e. The standard InChI is InChI=1S/C18H19F3N4O2/c1-3-10-15(18(19,20)21)22-17(25-5-4-9(25)2)23-16(10)24-7-12-11(6-14(26)27)13(12)8-24/h1,9,11-13H,4-8H2,2H3,(H,26,27)/t9?,11?,12-,13+. The summed E-state index contributed by atoms with van der Waals surface area (Å²) in [5.74, 6) is 1.90. The fraction of sp³-hybridized carbons (Fsp3) is 0.611. The Morgan fingerprint density at radius 1 is 1.33 bits per heavy atom. The van der Waals surface area contributed by atoms with Gasteiger partial charge in [-0.15, -0.1) is 6.42 Å². The molecule has 9 heteroatoms. The molecular weight excluding hydrogens is 361 g/mol. The predicted molar refractivity (Wildman–Crippen MR) is 91.3 cm³/mol. The molecule has 2 saturated heterocycles. The number of halogens is 3. The summed E-state index contributed by atoms with van der Waals surface area (Å²) >= 11 is 0. The van der Waals surface area contributed by atoms with Gasteiger partial charge in [-0.1, -0.05) is 5.92 Å². The topological polar surface area (TPSA) is 69.6 Å². The van der Waals surface area contributed by atoms with Crippen LogP contribution in [-0.2, 0) is 11.0 Å². The van der Waals surface area contributed by atoms with Crippen LogP contribution in [0.1, 0.15) is 31.0 Å². The van der Waals surface area contributed by atoms with Gasteiger partial charge in [0, 0.05) is 32.1 Å². The summed E-state index contributed by atoms with van der Waals surface area (Å²) in [5.41, 5.74) is -1.41. The number of carbonyl (C=O) groups is 1. The van der Waals surface area contributed by atoms with Gasteiger partial charge in [-0.3, -0.25) is 4.79 Å². The quantitative estimate of drug-likeness (QED) is 0.808. The van der Waals surface area contributed by atoms with Crippen molar-refractivity contribution in [2.45, 2.75) is 32.0 Å². The van der Waals surface area contributed by atoms with Gasteiger partial charge in [-0.25, -0.2) is 4.98 Å². The minimum absolute atomic E-state index is 0.0535. The van der Waals surface area contributed by atoms with Crippen molar-refractivity contribution >= 4 is 17.7 Å². The molecular formula is C18H19F3N4O2. The first-order chi connectivity index (χ1) is 12.7. The molecule has 4 atom stereocenters. The Balaban J connectivity index is 1.67. The molecule has 0 bridgehead atoms. The van der Waals surface area contributed by atoms with E-state index in [9.17, 15) is 18.0 Å². The number of carboxylic acids is 1. The van der Waals surface area contributed by atoms with Crippen molar-refractivity contribution in [1.82, 2.24) is 9.97 Å².